The van der Waals surface area contributed by atoms with E-state index in [1.807, 2.05) is 12.1 Å². The molecule has 0 N–H and O–H groups in total. The van der Waals surface area contributed by atoms with Crippen molar-refractivity contribution in [3.63, 3.8) is 0 Å². The summed E-state index contributed by atoms with van der Waals surface area (Å²) in [4.78, 5) is 18.8. The molecule has 0 bridgehead atoms. The molecular formula is C20H16F3N3O2. The lowest BCUT2D eigenvalue weighted by molar-refractivity contribution is -0.137. The van der Waals surface area contributed by atoms with Crippen LogP contribution in [0.5, 0.6) is 0 Å². The SMILES string of the molecule is O=C(c1cnoc1-c1ccc(C(F)(F)F)cc1)N1CCC(c2cccnc2)C1. The summed E-state index contributed by atoms with van der Waals surface area (Å²) in [6.07, 6.45) is 1.21. The predicted octanol–water partition coefficient (Wildman–Crippen LogP) is 4.39. The molecule has 5 nitrogen and oxygen atoms in total. The van der Waals surface area contributed by atoms with Crippen molar-refractivity contribution in [3.05, 3.63) is 71.7 Å². The van der Waals surface area contributed by atoms with Gasteiger partial charge in [-0.25, -0.2) is 0 Å². The van der Waals surface area contributed by atoms with Crippen LogP contribution in [0.3, 0.4) is 0 Å². The number of benzene rings is 1. The second-order valence-electron chi connectivity index (χ2n) is 6.67. The Kier molecular flexibility index (Phi) is 4.62. The first-order valence-corrected chi connectivity index (χ1v) is 8.75. The van der Waals surface area contributed by atoms with Gasteiger partial charge in [0.2, 0.25) is 0 Å². The fourth-order valence-corrected chi connectivity index (χ4v) is 3.42. The molecule has 1 aliphatic rings. The summed E-state index contributed by atoms with van der Waals surface area (Å²) >= 11 is 0. The number of alkyl halides is 3. The highest BCUT2D eigenvalue weighted by Crippen LogP contribution is 2.33. The van der Waals surface area contributed by atoms with Crippen molar-refractivity contribution in [1.29, 1.82) is 0 Å². The Hall–Kier alpha value is -3.16. The van der Waals surface area contributed by atoms with Crippen LogP contribution in [0, 0.1) is 0 Å². The van der Waals surface area contributed by atoms with Gasteiger partial charge in [0, 0.05) is 37.0 Å². The highest BCUT2D eigenvalue weighted by atomic mass is 19.4. The summed E-state index contributed by atoms with van der Waals surface area (Å²) in [5, 5.41) is 3.68. The number of hydrogen-bond acceptors (Lipinski definition) is 4. The number of likely N-dealkylation sites (tertiary alicyclic amines) is 1. The van der Waals surface area contributed by atoms with E-state index < -0.39 is 11.7 Å². The smallest absolute Gasteiger partial charge is 0.355 e. The molecule has 1 fully saturated rings. The van der Waals surface area contributed by atoms with Gasteiger partial charge in [0.1, 0.15) is 5.56 Å². The van der Waals surface area contributed by atoms with Crippen LogP contribution < -0.4 is 0 Å². The number of pyridine rings is 1. The van der Waals surface area contributed by atoms with Gasteiger partial charge in [-0.3, -0.25) is 9.78 Å². The molecule has 2 aromatic heterocycles. The number of rotatable bonds is 3. The Bertz CT molecular complexity index is 968. The second kappa shape index (κ2) is 7.10. The molecule has 1 aliphatic heterocycles. The first kappa shape index (κ1) is 18.2. The van der Waals surface area contributed by atoms with Crippen molar-refractivity contribution in [2.24, 2.45) is 0 Å². The Balaban J connectivity index is 1.53. The fraction of sp³-hybridized carbons (Fsp3) is 0.250. The molecule has 3 heterocycles. The normalized spacial score (nSPS) is 17.1. The summed E-state index contributed by atoms with van der Waals surface area (Å²) in [6, 6.07) is 8.33. The van der Waals surface area contributed by atoms with Crippen LogP contribution in [-0.2, 0) is 6.18 Å². The number of carbonyl (C=O) groups is 1. The Morgan fingerprint density at radius 1 is 1.14 bits per heavy atom. The van der Waals surface area contributed by atoms with E-state index in [0.717, 1.165) is 24.1 Å². The van der Waals surface area contributed by atoms with Gasteiger partial charge in [-0.1, -0.05) is 23.4 Å². The van der Waals surface area contributed by atoms with Gasteiger partial charge >= 0.3 is 6.18 Å². The molecule has 8 heteroatoms. The topological polar surface area (TPSA) is 59.2 Å². The Labute approximate surface area is 158 Å². The first-order valence-electron chi connectivity index (χ1n) is 8.75. The molecule has 3 aromatic rings. The zero-order chi connectivity index (χ0) is 19.7. The molecule has 28 heavy (non-hydrogen) atoms. The minimum atomic E-state index is -4.42. The van der Waals surface area contributed by atoms with Gasteiger partial charge in [0.15, 0.2) is 5.76 Å². The molecule has 4 rings (SSSR count). The number of amides is 1. The van der Waals surface area contributed by atoms with Crippen LogP contribution in [0.4, 0.5) is 13.2 Å². The number of nitrogens with zero attached hydrogens (tertiary/aromatic N) is 3. The Morgan fingerprint density at radius 3 is 2.61 bits per heavy atom. The van der Waals surface area contributed by atoms with Crippen molar-refractivity contribution >= 4 is 5.91 Å². The molecule has 1 aromatic carbocycles. The highest BCUT2D eigenvalue weighted by molar-refractivity contribution is 5.99. The molecule has 144 valence electrons. The summed E-state index contributed by atoms with van der Waals surface area (Å²) in [6.45, 7) is 1.12. The molecule has 0 saturated carbocycles. The van der Waals surface area contributed by atoms with E-state index >= 15 is 0 Å². The number of halogens is 3. The highest BCUT2D eigenvalue weighted by Gasteiger charge is 2.32. The second-order valence-corrected chi connectivity index (χ2v) is 6.67. The Morgan fingerprint density at radius 2 is 1.93 bits per heavy atom. The predicted molar refractivity (Wildman–Crippen MR) is 94.4 cm³/mol. The average molecular weight is 387 g/mol. The lowest BCUT2D eigenvalue weighted by Crippen LogP contribution is -2.28. The molecule has 1 atom stereocenters. The summed E-state index contributed by atoms with van der Waals surface area (Å²) in [5.41, 5.74) is 0.928. The van der Waals surface area contributed by atoms with E-state index in [1.165, 1.54) is 18.3 Å². The van der Waals surface area contributed by atoms with Crippen LogP contribution in [0.1, 0.15) is 33.8 Å². The standard InChI is InChI=1S/C20H16F3N3O2/c21-20(22,23)16-5-3-13(4-6-16)18-17(11-25-28-18)19(27)26-9-7-15(12-26)14-2-1-8-24-10-14/h1-6,8,10-11,15H,7,9,12H2. The van der Waals surface area contributed by atoms with Crippen molar-refractivity contribution in [3.8, 4) is 11.3 Å². The van der Waals surface area contributed by atoms with E-state index in [1.54, 1.807) is 17.3 Å². The lowest BCUT2D eigenvalue weighted by atomic mass is 10.0. The van der Waals surface area contributed by atoms with Crippen LogP contribution in [0.15, 0.2) is 59.5 Å². The first-order chi connectivity index (χ1) is 13.4. The molecule has 1 saturated heterocycles. The van der Waals surface area contributed by atoms with Gasteiger partial charge in [-0.2, -0.15) is 13.2 Å². The maximum absolute atomic E-state index is 12.9. The molecule has 0 radical (unpaired) electrons. The van der Waals surface area contributed by atoms with Crippen molar-refractivity contribution in [2.75, 3.05) is 13.1 Å². The van der Waals surface area contributed by atoms with E-state index in [0.29, 0.717) is 18.7 Å². The minimum absolute atomic E-state index is 0.170. The van der Waals surface area contributed by atoms with Crippen LogP contribution in [-0.4, -0.2) is 34.0 Å². The largest absolute Gasteiger partial charge is 0.416 e. The fourth-order valence-electron chi connectivity index (χ4n) is 3.42. The zero-order valence-electron chi connectivity index (χ0n) is 14.7. The number of hydrogen-bond donors (Lipinski definition) is 0. The quantitative estimate of drug-likeness (QED) is 0.669. The van der Waals surface area contributed by atoms with Gasteiger partial charge < -0.3 is 9.42 Å². The third-order valence-corrected chi connectivity index (χ3v) is 4.91. The van der Waals surface area contributed by atoms with Gasteiger partial charge in [-0.05, 0) is 30.2 Å². The summed E-state index contributed by atoms with van der Waals surface area (Å²) in [5.74, 6) is 0.123. The molecule has 1 unspecified atom stereocenters. The van der Waals surface area contributed by atoms with Crippen molar-refractivity contribution < 1.29 is 22.5 Å². The zero-order valence-corrected chi connectivity index (χ0v) is 14.7. The lowest BCUT2D eigenvalue weighted by Gasteiger charge is -2.16. The van der Waals surface area contributed by atoms with Crippen LogP contribution in [0.25, 0.3) is 11.3 Å². The van der Waals surface area contributed by atoms with E-state index in [2.05, 4.69) is 10.1 Å². The third kappa shape index (κ3) is 3.49. The average Bonchev–Trinajstić information content (AvgIpc) is 3.37. The monoisotopic (exact) mass is 387 g/mol. The molecular weight excluding hydrogens is 371 g/mol. The third-order valence-electron chi connectivity index (χ3n) is 4.91. The van der Waals surface area contributed by atoms with Gasteiger partial charge in [0.25, 0.3) is 5.91 Å². The van der Waals surface area contributed by atoms with Crippen molar-refractivity contribution in [1.82, 2.24) is 15.0 Å². The van der Waals surface area contributed by atoms with Crippen LogP contribution in [0.2, 0.25) is 0 Å². The summed E-state index contributed by atoms with van der Waals surface area (Å²) in [7, 11) is 0. The molecule has 0 aliphatic carbocycles. The van der Waals surface area contributed by atoms with E-state index in [-0.39, 0.29) is 23.1 Å². The van der Waals surface area contributed by atoms with Crippen LogP contribution >= 0.6 is 0 Å². The maximum Gasteiger partial charge on any atom is 0.416 e. The molecule has 1 amide bonds. The van der Waals surface area contributed by atoms with E-state index in [9.17, 15) is 18.0 Å². The van der Waals surface area contributed by atoms with Crippen molar-refractivity contribution in [2.45, 2.75) is 18.5 Å². The minimum Gasteiger partial charge on any atom is -0.355 e. The number of aromatic nitrogens is 2. The maximum atomic E-state index is 12.9. The molecule has 0 spiro atoms. The summed E-state index contributed by atoms with van der Waals surface area (Å²) < 4.78 is 43.4. The van der Waals surface area contributed by atoms with Gasteiger partial charge in [0.05, 0.1) is 11.8 Å². The van der Waals surface area contributed by atoms with Gasteiger partial charge in [-0.15, -0.1) is 0 Å². The number of carbonyl (C=O) groups excluding carboxylic acids is 1. The van der Waals surface area contributed by atoms with E-state index in [4.69, 9.17) is 4.52 Å².